The van der Waals surface area contributed by atoms with Crippen molar-refractivity contribution in [1.82, 2.24) is 5.32 Å². The standard InChI is InChI=1S/C22H19NO2/c1-15(16-7-3-2-4-8-16)14-23-22(24)21-13-19-18-10-6-5-9-17(18)11-12-20(19)25-21/h2-13,15H,14H2,1H3,(H,23,24)/t15-/m1/s1. The van der Waals surface area contributed by atoms with Crippen LogP contribution in [0, 0.1) is 0 Å². The molecule has 1 N–H and O–H groups in total. The maximum absolute atomic E-state index is 12.5. The number of benzene rings is 3. The molecule has 25 heavy (non-hydrogen) atoms. The number of carbonyl (C=O) groups is 1. The SMILES string of the molecule is C[C@H](CNC(=O)c1cc2c(ccc3ccccc32)o1)c1ccccc1. The topological polar surface area (TPSA) is 42.2 Å². The van der Waals surface area contributed by atoms with Crippen LogP contribution < -0.4 is 5.32 Å². The number of amides is 1. The summed E-state index contributed by atoms with van der Waals surface area (Å²) in [4.78, 5) is 12.5. The number of fused-ring (bicyclic) bond motifs is 3. The predicted molar refractivity (Wildman–Crippen MR) is 101 cm³/mol. The van der Waals surface area contributed by atoms with E-state index in [1.54, 1.807) is 0 Å². The van der Waals surface area contributed by atoms with E-state index >= 15 is 0 Å². The van der Waals surface area contributed by atoms with Crippen LogP contribution in [0.15, 0.2) is 77.2 Å². The fourth-order valence-electron chi connectivity index (χ4n) is 3.14. The van der Waals surface area contributed by atoms with Crippen LogP contribution in [0.5, 0.6) is 0 Å². The summed E-state index contributed by atoms with van der Waals surface area (Å²) in [7, 11) is 0. The molecule has 1 amide bonds. The maximum Gasteiger partial charge on any atom is 0.287 e. The third kappa shape index (κ3) is 3.01. The maximum atomic E-state index is 12.5. The molecule has 3 heteroatoms. The smallest absolute Gasteiger partial charge is 0.287 e. The first kappa shape index (κ1) is 15.5. The first-order valence-electron chi connectivity index (χ1n) is 8.47. The lowest BCUT2D eigenvalue weighted by Crippen LogP contribution is -2.27. The van der Waals surface area contributed by atoms with Crippen LogP contribution in [0.2, 0.25) is 0 Å². The summed E-state index contributed by atoms with van der Waals surface area (Å²) in [6.07, 6.45) is 0. The van der Waals surface area contributed by atoms with Crippen molar-refractivity contribution in [2.45, 2.75) is 12.8 Å². The molecule has 0 unspecified atom stereocenters. The van der Waals surface area contributed by atoms with Crippen LogP contribution in [0.1, 0.15) is 29.0 Å². The molecule has 0 saturated carbocycles. The van der Waals surface area contributed by atoms with Gasteiger partial charge < -0.3 is 9.73 Å². The van der Waals surface area contributed by atoms with E-state index < -0.39 is 0 Å². The van der Waals surface area contributed by atoms with Crippen molar-refractivity contribution in [2.75, 3.05) is 6.54 Å². The molecule has 0 aliphatic heterocycles. The summed E-state index contributed by atoms with van der Waals surface area (Å²) in [5.41, 5.74) is 1.94. The van der Waals surface area contributed by atoms with Gasteiger partial charge in [0.15, 0.2) is 5.76 Å². The van der Waals surface area contributed by atoms with E-state index in [1.165, 1.54) is 5.56 Å². The molecule has 1 aromatic heterocycles. The third-order valence-electron chi connectivity index (χ3n) is 4.59. The van der Waals surface area contributed by atoms with Gasteiger partial charge >= 0.3 is 0 Å². The van der Waals surface area contributed by atoms with Gasteiger partial charge in [-0.2, -0.15) is 0 Å². The first-order chi connectivity index (χ1) is 12.2. The van der Waals surface area contributed by atoms with Crippen molar-refractivity contribution in [3.8, 4) is 0 Å². The summed E-state index contributed by atoms with van der Waals surface area (Å²) in [5, 5.41) is 6.18. The first-order valence-corrected chi connectivity index (χ1v) is 8.47. The number of carbonyl (C=O) groups excluding carboxylic acids is 1. The highest BCUT2D eigenvalue weighted by Gasteiger charge is 2.15. The molecule has 4 rings (SSSR count). The summed E-state index contributed by atoms with van der Waals surface area (Å²) >= 11 is 0. The Kier molecular flexibility index (Phi) is 3.98. The molecule has 3 nitrogen and oxygen atoms in total. The van der Waals surface area contributed by atoms with Gasteiger partial charge in [0.1, 0.15) is 5.58 Å². The van der Waals surface area contributed by atoms with Crippen molar-refractivity contribution in [1.29, 1.82) is 0 Å². The van der Waals surface area contributed by atoms with Crippen LogP contribution in [0.3, 0.4) is 0 Å². The molecule has 0 aliphatic carbocycles. The second-order valence-corrected chi connectivity index (χ2v) is 6.33. The highest BCUT2D eigenvalue weighted by Crippen LogP contribution is 2.28. The molecule has 1 atom stereocenters. The van der Waals surface area contributed by atoms with Gasteiger partial charge in [0, 0.05) is 11.9 Å². The van der Waals surface area contributed by atoms with Crippen LogP contribution >= 0.6 is 0 Å². The number of furan rings is 1. The predicted octanol–water partition coefficient (Wildman–Crippen LogP) is 5.12. The monoisotopic (exact) mass is 329 g/mol. The van der Waals surface area contributed by atoms with E-state index in [9.17, 15) is 4.79 Å². The second-order valence-electron chi connectivity index (χ2n) is 6.33. The van der Waals surface area contributed by atoms with E-state index in [0.29, 0.717) is 12.3 Å². The number of hydrogen-bond donors (Lipinski definition) is 1. The van der Waals surface area contributed by atoms with Gasteiger partial charge in [-0.25, -0.2) is 0 Å². The summed E-state index contributed by atoms with van der Waals surface area (Å²) in [6, 6.07) is 24.0. The van der Waals surface area contributed by atoms with Gasteiger partial charge in [-0.3, -0.25) is 4.79 Å². The largest absolute Gasteiger partial charge is 0.451 e. The lowest BCUT2D eigenvalue weighted by atomic mass is 10.0. The van der Waals surface area contributed by atoms with Gasteiger partial charge in [-0.15, -0.1) is 0 Å². The van der Waals surface area contributed by atoms with Gasteiger partial charge in [0.2, 0.25) is 0 Å². The minimum absolute atomic E-state index is 0.178. The molecule has 0 aliphatic rings. The van der Waals surface area contributed by atoms with Crippen molar-refractivity contribution < 1.29 is 9.21 Å². The van der Waals surface area contributed by atoms with Gasteiger partial charge in [-0.05, 0) is 34.4 Å². The van der Waals surface area contributed by atoms with Crippen LogP contribution in [-0.4, -0.2) is 12.5 Å². The molecule has 0 bridgehead atoms. The highest BCUT2D eigenvalue weighted by molar-refractivity contribution is 6.08. The lowest BCUT2D eigenvalue weighted by molar-refractivity contribution is 0.0926. The molecule has 0 fully saturated rings. The Hall–Kier alpha value is -3.07. The molecule has 1 heterocycles. The average Bonchev–Trinajstić information content (AvgIpc) is 3.11. The van der Waals surface area contributed by atoms with Gasteiger partial charge in [-0.1, -0.05) is 67.6 Å². The molecule has 4 aromatic rings. The van der Waals surface area contributed by atoms with Gasteiger partial charge in [0.25, 0.3) is 5.91 Å². The quantitative estimate of drug-likeness (QED) is 0.564. The average molecular weight is 329 g/mol. The fourth-order valence-corrected chi connectivity index (χ4v) is 3.14. The van der Waals surface area contributed by atoms with E-state index in [4.69, 9.17) is 4.42 Å². The lowest BCUT2D eigenvalue weighted by Gasteiger charge is -2.12. The summed E-state index contributed by atoms with van der Waals surface area (Å²) < 4.78 is 5.76. The Morgan fingerprint density at radius 1 is 0.960 bits per heavy atom. The fraction of sp³-hybridized carbons (Fsp3) is 0.136. The third-order valence-corrected chi connectivity index (χ3v) is 4.59. The molecule has 3 aromatic carbocycles. The van der Waals surface area contributed by atoms with Crippen LogP contribution in [0.4, 0.5) is 0 Å². The molecular weight excluding hydrogens is 310 g/mol. The Bertz CT molecular complexity index is 1030. The zero-order valence-corrected chi connectivity index (χ0v) is 14.0. The Morgan fingerprint density at radius 2 is 1.72 bits per heavy atom. The highest BCUT2D eigenvalue weighted by atomic mass is 16.3. The summed E-state index contributed by atoms with van der Waals surface area (Å²) in [5.74, 6) is 0.421. The Balaban J connectivity index is 1.55. The van der Waals surface area contributed by atoms with Crippen molar-refractivity contribution in [3.05, 3.63) is 84.1 Å². The second kappa shape index (κ2) is 6.44. The van der Waals surface area contributed by atoms with Crippen LogP contribution in [0.25, 0.3) is 21.7 Å². The Morgan fingerprint density at radius 3 is 2.56 bits per heavy atom. The molecular formula is C22H19NO2. The molecule has 0 radical (unpaired) electrons. The van der Waals surface area contributed by atoms with Gasteiger partial charge in [0.05, 0.1) is 0 Å². The Labute approximate surface area is 146 Å². The van der Waals surface area contributed by atoms with Crippen LogP contribution in [-0.2, 0) is 0 Å². The zero-order chi connectivity index (χ0) is 17.2. The van der Waals surface area contributed by atoms with E-state index in [2.05, 4.69) is 30.4 Å². The molecule has 0 spiro atoms. The number of nitrogens with one attached hydrogen (secondary N) is 1. The van der Waals surface area contributed by atoms with E-state index in [0.717, 1.165) is 21.7 Å². The molecule has 124 valence electrons. The van der Waals surface area contributed by atoms with Crippen molar-refractivity contribution in [3.63, 3.8) is 0 Å². The number of rotatable bonds is 4. The number of hydrogen-bond acceptors (Lipinski definition) is 2. The minimum atomic E-state index is -0.178. The van der Waals surface area contributed by atoms with E-state index in [-0.39, 0.29) is 11.8 Å². The van der Waals surface area contributed by atoms with Crippen molar-refractivity contribution >= 4 is 27.6 Å². The van der Waals surface area contributed by atoms with E-state index in [1.807, 2.05) is 54.6 Å². The van der Waals surface area contributed by atoms with Crippen molar-refractivity contribution in [2.24, 2.45) is 0 Å². The minimum Gasteiger partial charge on any atom is -0.451 e. The zero-order valence-electron chi connectivity index (χ0n) is 14.0. The summed E-state index contributed by atoms with van der Waals surface area (Å²) in [6.45, 7) is 2.67. The molecule has 0 saturated heterocycles. The normalized spacial score (nSPS) is 12.4.